The number of cyclic esters (lactones) is 1. The number of benzene rings is 2. The minimum atomic E-state index is -0.436. The Bertz CT molecular complexity index is 771. The van der Waals surface area contributed by atoms with E-state index in [0.717, 1.165) is 22.4 Å². The second-order valence-electron chi connectivity index (χ2n) is 5.20. The summed E-state index contributed by atoms with van der Waals surface area (Å²) in [6.45, 7) is 4.56. The van der Waals surface area contributed by atoms with Crippen LogP contribution in [0.4, 0.5) is 0 Å². The van der Waals surface area contributed by atoms with Crippen LogP contribution in [0.3, 0.4) is 0 Å². The zero-order valence-electron chi connectivity index (χ0n) is 13.1. The Balaban J connectivity index is 1.84. The van der Waals surface area contributed by atoms with Crippen molar-refractivity contribution in [3.63, 3.8) is 0 Å². The van der Waals surface area contributed by atoms with Gasteiger partial charge >= 0.3 is 5.97 Å². The van der Waals surface area contributed by atoms with Crippen molar-refractivity contribution >= 4 is 17.9 Å². The van der Waals surface area contributed by atoms with Crippen LogP contribution in [0.1, 0.15) is 23.6 Å². The van der Waals surface area contributed by atoms with Crippen LogP contribution in [0, 0.1) is 6.92 Å². The molecule has 1 aliphatic heterocycles. The second-order valence-corrected chi connectivity index (χ2v) is 5.20. The maximum Gasteiger partial charge on any atom is 0.363 e. The van der Waals surface area contributed by atoms with E-state index in [1.165, 1.54) is 0 Å². The first-order valence-corrected chi connectivity index (χ1v) is 7.48. The molecule has 3 rings (SSSR count). The number of ether oxygens (including phenoxy) is 2. The first-order chi connectivity index (χ1) is 11.2. The van der Waals surface area contributed by atoms with E-state index in [1.807, 2.05) is 62.4 Å². The molecule has 0 amide bonds. The number of aliphatic imine (C=N–C) groups is 1. The first-order valence-electron chi connectivity index (χ1n) is 7.48. The lowest BCUT2D eigenvalue weighted by atomic mass is 10.1. The molecule has 0 radical (unpaired) electrons. The van der Waals surface area contributed by atoms with Crippen molar-refractivity contribution < 1.29 is 14.3 Å². The second kappa shape index (κ2) is 6.48. The van der Waals surface area contributed by atoms with Crippen molar-refractivity contribution in [2.45, 2.75) is 13.8 Å². The van der Waals surface area contributed by atoms with Gasteiger partial charge in [-0.3, -0.25) is 0 Å². The molecule has 0 aromatic heterocycles. The van der Waals surface area contributed by atoms with Crippen LogP contribution in [-0.4, -0.2) is 18.5 Å². The van der Waals surface area contributed by atoms with Crippen molar-refractivity contribution in [3.8, 4) is 5.75 Å². The Hall–Kier alpha value is -2.88. The highest BCUT2D eigenvalue weighted by molar-refractivity contribution is 6.12. The van der Waals surface area contributed by atoms with Gasteiger partial charge in [0.2, 0.25) is 5.90 Å². The molecule has 0 N–H and O–H groups in total. The van der Waals surface area contributed by atoms with E-state index in [2.05, 4.69) is 4.99 Å². The third-order valence-electron chi connectivity index (χ3n) is 3.41. The molecule has 0 aliphatic carbocycles. The molecule has 1 heterocycles. The van der Waals surface area contributed by atoms with Crippen LogP contribution >= 0.6 is 0 Å². The van der Waals surface area contributed by atoms with Gasteiger partial charge in [0.15, 0.2) is 5.70 Å². The molecular weight excluding hydrogens is 290 g/mol. The number of carbonyl (C=O) groups excluding carboxylic acids is 1. The molecule has 0 unspecified atom stereocenters. The molecule has 23 heavy (non-hydrogen) atoms. The van der Waals surface area contributed by atoms with E-state index < -0.39 is 5.97 Å². The molecule has 0 fully saturated rings. The number of carbonyl (C=O) groups is 1. The molecule has 2 aromatic rings. The van der Waals surface area contributed by atoms with Crippen LogP contribution in [0.15, 0.2) is 59.2 Å². The lowest BCUT2D eigenvalue weighted by Crippen LogP contribution is -2.05. The molecule has 1 aliphatic rings. The third kappa shape index (κ3) is 3.48. The molecule has 116 valence electrons. The summed E-state index contributed by atoms with van der Waals surface area (Å²) < 4.78 is 10.6. The van der Waals surface area contributed by atoms with E-state index in [1.54, 1.807) is 6.08 Å². The molecular formula is C19H17NO3. The monoisotopic (exact) mass is 307 g/mol. The summed E-state index contributed by atoms with van der Waals surface area (Å²) in [5.41, 5.74) is 3.10. The summed E-state index contributed by atoms with van der Waals surface area (Å²) in [6.07, 6.45) is 1.71. The number of aryl methyl sites for hydroxylation is 1. The molecule has 0 saturated carbocycles. The molecule has 0 atom stereocenters. The predicted octanol–water partition coefficient (Wildman–Crippen LogP) is 3.74. The summed E-state index contributed by atoms with van der Waals surface area (Å²) >= 11 is 0. The van der Waals surface area contributed by atoms with Crippen molar-refractivity contribution in [3.05, 3.63) is 70.9 Å². The van der Waals surface area contributed by atoms with Gasteiger partial charge in [-0.15, -0.1) is 0 Å². The average molecular weight is 307 g/mol. The highest BCUT2D eigenvalue weighted by atomic mass is 16.6. The Labute approximate surface area is 135 Å². The van der Waals surface area contributed by atoms with E-state index in [9.17, 15) is 4.79 Å². The number of nitrogens with zero attached hydrogens (tertiary/aromatic N) is 1. The molecule has 0 spiro atoms. The molecule has 4 heteroatoms. The summed E-state index contributed by atoms with van der Waals surface area (Å²) in [4.78, 5) is 16.3. The zero-order chi connectivity index (χ0) is 16.2. The topological polar surface area (TPSA) is 47.9 Å². The lowest BCUT2D eigenvalue weighted by Gasteiger charge is -2.02. The fraction of sp³-hybridized carbons (Fsp3) is 0.158. The Morgan fingerprint density at radius 1 is 1.09 bits per heavy atom. The Morgan fingerprint density at radius 3 is 2.43 bits per heavy atom. The zero-order valence-corrected chi connectivity index (χ0v) is 13.1. The normalized spacial score (nSPS) is 15.5. The van der Waals surface area contributed by atoms with Gasteiger partial charge < -0.3 is 9.47 Å². The summed E-state index contributed by atoms with van der Waals surface area (Å²) in [7, 11) is 0. The van der Waals surface area contributed by atoms with E-state index in [4.69, 9.17) is 9.47 Å². The van der Waals surface area contributed by atoms with Gasteiger partial charge in [0.25, 0.3) is 0 Å². The molecule has 2 aromatic carbocycles. The van der Waals surface area contributed by atoms with Crippen molar-refractivity contribution in [2.75, 3.05) is 6.61 Å². The molecule has 0 saturated heterocycles. The van der Waals surface area contributed by atoms with Crippen molar-refractivity contribution in [2.24, 2.45) is 4.99 Å². The van der Waals surface area contributed by atoms with Crippen molar-refractivity contribution in [1.82, 2.24) is 0 Å². The van der Waals surface area contributed by atoms with E-state index in [0.29, 0.717) is 18.2 Å². The van der Waals surface area contributed by atoms with Gasteiger partial charge in [0.05, 0.1) is 6.61 Å². The minimum Gasteiger partial charge on any atom is -0.494 e. The number of hydrogen-bond acceptors (Lipinski definition) is 4. The Kier molecular flexibility index (Phi) is 4.24. The summed E-state index contributed by atoms with van der Waals surface area (Å²) in [5.74, 6) is 0.703. The van der Waals surface area contributed by atoms with E-state index >= 15 is 0 Å². The van der Waals surface area contributed by atoms with Crippen LogP contribution < -0.4 is 4.74 Å². The number of esters is 1. The van der Waals surface area contributed by atoms with Gasteiger partial charge in [-0.1, -0.05) is 29.8 Å². The summed E-state index contributed by atoms with van der Waals surface area (Å²) in [5, 5.41) is 0. The van der Waals surface area contributed by atoms with Gasteiger partial charge in [0.1, 0.15) is 5.75 Å². The molecule has 0 bridgehead atoms. The highest BCUT2D eigenvalue weighted by Crippen LogP contribution is 2.20. The van der Waals surface area contributed by atoms with Gasteiger partial charge in [-0.05, 0) is 49.8 Å². The maximum atomic E-state index is 12.0. The summed E-state index contributed by atoms with van der Waals surface area (Å²) in [6, 6.07) is 15.2. The quantitative estimate of drug-likeness (QED) is 0.638. The van der Waals surface area contributed by atoms with Crippen LogP contribution in [0.5, 0.6) is 5.75 Å². The largest absolute Gasteiger partial charge is 0.494 e. The SMILES string of the molecule is CCOc1ccc(C=C2N=C(c3ccc(C)cc3)OC2=O)cc1. The fourth-order valence-corrected chi connectivity index (χ4v) is 2.21. The first kappa shape index (κ1) is 15.0. The maximum absolute atomic E-state index is 12.0. The van der Waals surface area contributed by atoms with Gasteiger partial charge in [-0.2, -0.15) is 0 Å². The third-order valence-corrected chi connectivity index (χ3v) is 3.41. The molecule has 4 nitrogen and oxygen atoms in total. The van der Waals surface area contributed by atoms with Gasteiger partial charge in [0, 0.05) is 5.56 Å². The lowest BCUT2D eigenvalue weighted by molar-refractivity contribution is -0.129. The van der Waals surface area contributed by atoms with E-state index in [-0.39, 0.29) is 0 Å². The number of rotatable bonds is 4. The fourth-order valence-electron chi connectivity index (χ4n) is 2.21. The van der Waals surface area contributed by atoms with Crippen molar-refractivity contribution in [1.29, 1.82) is 0 Å². The van der Waals surface area contributed by atoms with Gasteiger partial charge in [-0.25, -0.2) is 9.79 Å². The average Bonchev–Trinajstić information content (AvgIpc) is 2.91. The standard InChI is InChI=1S/C19H17NO3/c1-3-22-16-10-6-14(7-11-16)12-17-19(21)23-18(20-17)15-8-4-13(2)5-9-15/h4-12H,3H2,1-2H3. The minimum absolute atomic E-state index is 0.296. The highest BCUT2D eigenvalue weighted by Gasteiger charge is 2.23. The predicted molar refractivity (Wildman–Crippen MR) is 89.4 cm³/mol. The van der Waals surface area contributed by atoms with Crippen LogP contribution in [0.25, 0.3) is 6.08 Å². The van der Waals surface area contributed by atoms with Crippen LogP contribution in [-0.2, 0) is 9.53 Å². The Morgan fingerprint density at radius 2 is 1.78 bits per heavy atom. The smallest absolute Gasteiger partial charge is 0.363 e. The number of hydrogen-bond donors (Lipinski definition) is 0. The van der Waals surface area contributed by atoms with Crippen LogP contribution in [0.2, 0.25) is 0 Å².